The van der Waals surface area contributed by atoms with Crippen molar-refractivity contribution in [3.8, 4) is 0 Å². The number of pyridine rings is 1. The fourth-order valence-corrected chi connectivity index (χ4v) is 3.02. The van der Waals surface area contributed by atoms with Crippen molar-refractivity contribution in [1.82, 2.24) is 20.5 Å². The number of aromatic nitrogens is 1. The highest BCUT2D eigenvalue weighted by atomic mass is 19.4. The van der Waals surface area contributed by atoms with Gasteiger partial charge in [-0.05, 0) is 32.9 Å². The number of hydrogen-bond donors (Lipinski definition) is 3. The third-order valence-corrected chi connectivity index (χ3v) is 4.66. The van der Waals surface area contributed by atoms with Gasteiger partial charge in [0.2, 0.25) is 0 Å². The van der Waals surface area contributed by atoms with Gasteiger partial charge in [-0.1, -0.05) is 0 Å². The Kier molecular flexibility index (Phi) is 8.51. The molecule has 0 aromatic carbocycles. The number of alkyl halides is 3. The summed E-state index contributed by atoms with van der Waals surface area (Å²) in [5, 5.41) is 9.06. The lowest BCUT2D eigenvalue weighted by atomic mass is 10.0. The number of aliphatic imine (C=N–C) groups is 1. The molecule has 0 atom stereocenters. The van der Waals surface area contributed by atoms with Crippen LogP contribution in [0.2, 0.25) is 0 Å². The summed E-state index contributed by atoms with van der Waals surface area (Å²) in [5.74, 6) is 0.463. The zero-order valence-corrected chi connectivity index (χ0v) is 17.3. The fraction of sp³-hybridized carbons (Fsp3) is 0.684. The molecule has 2 heterocycles. The molecule has 1 aromatic rings. The zero-order valence-electron chi connectivity index (χ0n) is 17.3. The monoisotopic (exact) mass is 416 g/mol. The molecule has 7 nitrogen and oxygen atoms in total. The maximum absolute atomic E-state index is 13.0. The van der Waals surface area contributed by atoms with E-state index in [1.54, 1.807) is 0 Å². The molecule has 0 bridgehead atoms. The van der Waals surface area contributed by atoms with Gasteiger partial charge in [0.05, 0.1) is 25.3 Å². The van der Waals surface area contributed by atoms with E-state index >= 15 is 0 Å². The van der Waals surface area contributed by atoms with E-state index in [0.717, 1.165) is 32.4 Å². The van der Waals surface area contributed by atoms with E-state index in [-0.39, 0.29) is 17.9 Å². The van der Waals surface area contributed by atoms with E-state index in [2.05, 4.69) is 44.7 Å². The normalized spacial score (nSPS) is 16.6. The summed E-state index contributed by atoms with van der Waals surface area (Å²) in [4.78, 5) is 10.8. The van der Waals surface area contributed by atoms with Crippen molar-refractivity contribution in [2.24, 2.45) is 4.99 Å². The van der Waals surface area contributed by atoms with Gasteiger partial charge in [0.1, 0.15) is 5.82 Å². The largest absolute Gasteiger partial charge is 0.419 e. The van der Waals surface area contributed by atoms with Crippen molar-refractivity contribution in [3.63, 3.8) is 0 Å². The van der Waals surface area contributed by atoms with E-state index < -0.39 is 11.7 Å². The smallest absolute Gasteiger partial charge is 0.379 e. The lowest BCUT2D eigenvalue weighted by Crippen LogP contribution is -2.52. The molecule has 0 amide bonds. The lowest BCUT2D eigenvalue weighted by Gasteiger charge is -2.39. The van der Waals surface area contributed by atoms with Gasteiger partial charge < -0.3 is 20.7 Å². The Morgan fingerprint density at radius 1 is 1.21 bits per heavy atom. The molecule has 0 spiro atoms. The second-order valence-corrected chi connectivity index (χ2v) is 7.36. The van der Waals surface area contributed by atoms with Crippen molar-refractivity contribution in [1.29, 1.82) is 0 Å². The first-order chi connectivity index (χ1) is 13.7. The number of nitrogens with zero attached hydrogens (tertiary/aromatic N) is 3. The molecule has 0 saturated carbocycles. The second kappa shape index (κ2) is 10.6. The molecule has 1 saturated heterocycles. The molecule has 3 N–H and O–H groups in total. The van der Waals surface area contributed by atoms with Crippen molar-refractivity contribution in [2.45, 2.75) is 32.5 Å². The van der Waals surface area contributed by atoms with Crippen LogP contribution in [0.3, 0.4) is 0 Å². The van der Waals surface area contributed by atoms with Crippen LogP contribution >= 0.6 is 0 Å². The number of nitrogens with one attached hydrogen (secondary N) is 3. The second-order valence-electron chi connectivity index (χ2n) is 7.36. The molecule has 1 aliphatic rings. The standard InChI is InChI=1S/C19H31F3N6O/c1-4-23-17(27-14-18(2,3)28-10-12-29-13-11-28)26-9-8-25-16-15(19(20,21)22)6-5-7-24-16/h5-7H,4,8-14H2,1-3H3,(H,24,25)(H2,23,26,27). The maximum atomic E-state index is 13.0. The van der Waals surface area contributed by atoms with Gasteiger partial charge in [0.15, 0.2) is 5.96 Å². The quantitative estimate of drug-likeness (QED) is 0.343. The highest BCUT2D eigenvalue weighted by Crippen LogP contribution is 2.33. The minimum absolute atomic E-state index is 0.111. The van der Waals surface area contributed by atoms with Gasteiger partial charge in [0, 0.05) is 44.5 Å². The molecule has 0 unspecified atom stereocenters. The van der Waals surface area contributed by atoms with Gasteiger partial charge in [-0.2, -0.15) is 13.2 Å². The Balaban J connectivity index is 1.87. The van der Waals surface area contributed by atoms with E-state index in [1.807, 2.05) is 6.92 Å². The van der Waals surface area contributed by atoms with E-state index in [1.165, 1.54) is 12.3 Å². The summed E-state index contributed by atoms with van der Waals surface area (Å²) in [7, 11) is 0. The number of rotatable bonds is 8. The number of anilines is 1. The van der Waals surface area contributed by atoms with Crippen molar-refractivity contribution in [2.75, 3.05) is 57.8 Å². The van der Waals surface area contributed by atoms with Gasteiger partial charge in [-0.3, -0.25) is 9.89 Å². The Morgan fingerprint density at radius 2 is 1.93 bits per heavy atom. The zero-order chi connectivity index (χ0) is 21.3. The molecule has 29 heavy (non-hydrogen) atoms. The van der Waals surface area contributed by atoms with Crippen LogP contribution < -0.4 is 16.0 Å². The molecule has 1 aromatic heterocycles. The van der Waals surface area contributed by atoms with Crippen LogP contribution in [0.1, 0.15) is 26.3 Å². The van der Waals surface area contributed by atoms with Gasteiger partial charge in [0.25, 0.3) is 0 Å². The summed E-state index contributed by atoms with van der Waals surface area (Å²) in [6, 6.07) is 2.29. The van der Waals surface area contributed by atoms with E-state index in [0.29, 0.717) is 25.6 Å². The first kappa shape index (κ1) is 23.2. The summed E-state index contributed by atoms with van der Waals surface area (Å²) in [5.41, 5.74) is -0.882. The highest BCUT2D eigenvalue weighted by Gasteiger charge is 2.34. The lowest BCUT2D eigenvalue weighted by molar-refractivity contribution is -0.137. The average Bonchev–Trinajstić information content (AvgIpc) is 2.69. The molecule has 1 aliphatic heterocycles. The van der Waals surface area contributed by atoms with Gasteiger partial charge in [-0.15, -0.1) is 0 Å². The number of halogens is 3. The van der Waals surface area contributed by atoms with Gasteiger partial charge in [-0.25, -0.2) is 4.98 Å². The maximum Gasteiger partial charge on any atom is 0.419 e. The molecule has 2 rings (SSSR count). The topological polar surface area (TPSA) is 73.8 Å². The molecular weight excluding hydrogens is 385 g/mol. The molecule has 0 aliphatic carbocycles. The Bertz CT molecular complexity index is 660. The summed E-state index contributed by atoms with van der Waals surface area (Å²) in [6.45, 7) is 11.4. The number of hydrogen-bond acceptors (Lipinski definition) is 5. The van der Waals surface area contributed by atoms with Gasteiger partial charge >= 0.3 is 6.18 Å². The first-order valence-electron chi connectivity index (χ1n) is 9.85. The summed E-state index contributed by atoms with van der Waals surface area (Å²) < 4.78 is 44.5. The average molecular weight is 416 g/mol. The number of guanidine groups is 1. The molecule has 10 heteroatoms. The highest BCUT2D eigenvalue weighted by molar-refractivity contribution is 5.79. The minimum Gasteiger partial charge on any atom is -0.379 e. The number of morpholine rings is 1. The van der Waals surface area contributed by atoms with Crippen LogP contribution in [-0.4, -0.2) is 73.9 Å². The summed E-state index contributed by atoms with van der Waals surface area (Å²) in [6.07, 6.45) is -3.10. The number of ether oxygens (including phenoxy) is 1. The Labute approximate surface area is 170 Å². The molecule has 0 radical (unpaired) electrons. The fourth-order valence-electron chi connectivity index (χ4n) is 3.02. The first-order valence-corrected chi connectivity index (χ1v) is 9.85. The molecular formula is C19H31F3N6O. The molecule has 1 fully saturated rings. The predicted molar refractivity (Wildman–Crippen MR) is 108 cm³/mol. The summed E-state index contributed by atoms with van der Waals surface area (Å²) >= 11 is 0. The van der Waals surface area contributed by atoms with E-state index in [4.69, 9.17) is 4.74 Å². The van der Waals surface area contributed by atoms with Crippen molar-refractivity contribution >= 4 is 11.8 Å². The van der Waals surface area contributed by atoms with Crippen molar-refractivity contribution in [3.05, 3.63) is 23.9 Å². The van der Waals surface area contributed by atoms with Crippen LogP contribution in [0.5, 0.6) is 0 Å². The van der Waals surface area contributed by atoms with Crippen LogP contribution in [0, 0.1) is 0 Å². The SMILES string of the molecule is CCNC(=NCC(C)(C)N1CCOCC1)NCCNc1ncccc1C(F)(F)F. The van der Waals surface area contributed by atoms with Crippen LogP contribution in [0.25, 0.3) is 0 Å². The Hall–Kier alpha value is -2.07. The third kappa shape index (κ3) is 7.36. The van der Waals surface area contributed by atoms with E-state index in [9.17, 15) is 13.2 Å². The van der Waals surface area contributed by atoms with Crippen LogP contribution in [0.15, 0.2) is 23.3 Å². The van der Waals surface area contributed by atoms with Crippen molar-refractivity contribution < 1.29 is 17.9 Å². The molecule has 164 valence electrons. The third-order valence-electron chi connectivity index (χ3n) is 4.66. The Morgan fingerprint density at radius 3 is 2.59 bits per heavy atom. The minimum atomic E-state index is -4.44. The predicted octanol–water partition coefficient (Wildman–Crippen LogP) is 2.18. The van der Waals surface area contributed by atoms with Crippen LogP contribution in [-0.2, 0) is 10.9 Å². The van der Waals surface area contributed by atoms with Crippen LogP contribution in [0.4, 0.5) is 19.0 Å².